The fraction of sp³-hybridized carbons (Fsp3) is 0.333. The third-order valence-electron chi connectivity index (χ3n) is 3.22. The highest BCUT2D eigenvalue weighted by atomic mass is 19.1. The van der Waals surface area contributed by atoms with Crippen molar-refractivity contribution in [2.24, 2.45) is 0 Å². The molecule has 0 amide bonds. The Labute approximate surface area is 102 Å². The molecule has 0 N–H and O–H groups in total. The van der Waals surface area contributed by atoms with Crippen molar-refractivity contribution in [3.63, 3.8) is 0 Å². The van der Waals surface area contributed by atoms with Crippen molar-refractivity contribution in [2.45, 2.75) is 32.2 Å². The van der Waals surface area contributed by atoms with E-state index < -0.39 is 0 Å². The summed E-state index contributed by atoms with van der Waals surface area (Å²) in [6.07, 6.45) is 5.37. The Bertz CT molecular complexity index is 471. The van der Waals surface area contributed by atoms with Crippen molar-refractivity contribution in [1.29, 1.82) is 0 Å². The van der Waals surface area contributed by atoms with Crippen LogP contribution >= 0.6 is 0 Å². The van der Waals surface area contributed by atoms with E-state index in [9.17, 15) is 4.39 Å². The van der Waals surface area contributed by atoms with Gasteiger partial charge in [-0.1, -0.05) is 30.3 Å². The van der Waals surface area contributed by atoms with E-state index in [1.165, 1.54) is 11.6 Å². The molecule has 90 valence electrons. The first-order valence-corrected chi connectivity index (χ1v) is 5.96. The molecular formula is C15H18FN. The van der Waals surface area contributed by atoms with Gasteiger partial charge in [0.2, 0.25) is 0 Å². The minimum Gasteiger partial charge on any atom is -0.346 e. The second kappa shape index (κ2) is 4.74. The number of halogens is 1. The second-order valence-corrected chi connectivity index (χ2v) is 5.04. The molecule has 1 aromatic heterocycles. The zero-order chi connectivity index (χ0) is 12.3. The zero-order valence-corrected chi connectivity index (χ0v) is 10.4. The van der Waals surface area contributed by atoms with Crippen LogP contribution in [0.25, 0.3) is 0 Å². The van der Waals surface area contributed by atoms with Crippen molar-refractivity contribution in [2.75, 3.05) is 0 Å². The summed E-state index contributed by atoms with van der Waals surface area (Å²) in [6, 6.07) is 11.9. The Kier molecular flexibility index (Phi) is 3.32. The van der Waals surface area contributed by atoms with E-state index in [-0.39, 0.29) is 11.4 Å². The molecule has 2 aromatic rings. The average Bonchev–Trinajstić information content (AvgIpc) is 2.76. The molecule has 17 heavy (non-hydrogen) atoms. The van der Waals surface area contributed by atoms with Crippen molar-refractivity contribution in [1.82, 2.24) is 4.57 Å². The highest BCUT2D eigenvalue weighted by molar-refractivity contribution is 5.15. The summed E-state index contributed by atoms with van der Waals surface area (Å²) in [6.45, 7) is 4.27. The van der Waals surface area contributed by atoms with Gasteiger partial charge in [0.1, 0.15) is 5.82 Å². The van der Waals surface area contributed by atoms with Gasteiger partial charge >= 0.3 is 0 Å². The quantitative estimate of drug-likeness (QED) is 0.749. The highest BCUT2D eigenvalue weighted by Crippen LogP contribution is 2.23. The average molecular weight is 231 g/mol. The molecule has 2 heteroatoms. The lowest BCUT2D eigenvalue weighted by molar-refractivity contribution is 0.327. The topological polar surface area (TPSA) is 4.93 Å². The lowest BCUT2D eigenvalue weighted by atomic mass is 9.95. The van der Waals surface area contributed by atoms with Crippen LogP contribution in [0.2, 0.25) is 0 Å². The van der Waals surface area contributed by atoms with E-state index >= 15 is 0 Å². The molecule has 0 saturated heterocycles. The summed E-state index contributed by atoms with van der Waals surface area (Å²) < 4.78 is 14.9. The molecule has 1 aromatic carbocycles. The molecule has 0 fully saturated rings. The van der Waals surface area contributed by atoms with Crippen LogP contribution in [0.4, 0.5) is 4.39 Å². The third-order valence-corrected chi connectivity index (χ3v) is 3.22. The summed E-state index contributed by atoms with van der Waals surface area (Å²) in [5, 5.41) is 0. The van der Waals surface area contributed by atoms with Gasteiger partial charge in [-0.25, -0.2) is 4.39 Å². The predicted molar refractivity (Wildman–Crippen MR) is 68.5 cm³/mol. The third kappa shape index (κ3) is 2.96. The first-order chi connectivity index (χ1) is 8.08. The lowest BCUT2D eigenvalue weighted by Gasteiger charge is -2.27. The molecule has 1 nitrogen and oxygen atoms in total. The van der Waals surface area contributed by atoms with Crippen LogP contribution in [-0.2, 0) is 12.0 Å². The Morgan fingerprint density at radius 2 is 1.82 bits per heavy atom. The number of aromatic nitrogens is 1. The van der Waals surface area contributed by atoms with Crippen LogP contribution in [0.3, 0.4) is 0 Å². The maximum atomic E-state index is 13.0. The summed E-state index contributed by atoms with van der Waals surface area (Å²) in [5.41, 5.74) is 1.27. The van der Waals surface area contributed by atoms with E-state index in [2.05, 4.69) is 38.1 Å². The fourth-order valence-electron chi connectivity index (χ4n) is 1.97. The van der Waals surface area contributed by atoms with Gasteiger partial charge in [-0.05, 0) is 38.3 Å². The van der Waals surface area contributed by atoms with Crippen LogP contribution < -0.4 is 0 Å². The standard InChI is InChI=1S/C15H18FN/c1-15(2,17-11-9-14(16)12-17)10-8-13-6-4-3-5-7-13/h3-7,9,11-12H,8,10H2,1-2H3. The Hall–Kier alpha value is -1.57. The van der Waals surface area contributed by atoms with Crippen molar-refractivity contribution in [3.8, 4) is 0 Å². The van der Waals surface area contributed by atoms with Gasteiger partial charge in [-0.3, -0.25) is 0 Å². The van der Waals surface area contributed by atoms with Gasteiger partial charge in [-0.2, -0.15) is 0 Å². The molecule has 0 aliphatic heterocycles. The molecule has 0 unspecified atom stereocenters. The first kappa shape index (κ1) is 11.9. The molecule has 0 radical (unpaired) electrons. The summed E-state index contributed by atoms with van der Waals surface area (Å²) in [7, 11) is 0. The predicted octanol–water partition coefficient (Wildman–Crippen LogP) is 4.00. The number of hydrogen-bond acceptors (Lipinski definition) is 0. The largest absolute Gasteiger partial charge is 0.346 e. The Morgan fingerprint density at radius 3 is 2.41 bits per heavy atom. The molecule has 0 bridgehead atoms. The molecule has 1 heterocycles. The van der Waals surface area contributed by atoms with Crippen LogP contribution in [0.1, 0.15) is 25.8 Å². The Morgan fingerprint density at radius 1 is 1.12 bits per heavy atom. The summed E-state index contributed by atoms with van der Waals surface area (Å²) in [4.78, 5) is 0. The smallest absolute Gasteiger partial charge is 0.140 e. The van der Waals surface area contributed by atoms with Crippen LogP contribution in [0, 0.1) is 5.82 Å². The maximum absolute atomic E-state index is 13.0. The van der Waals surface area contributed by atoms with Crippen molar-refractivity contribution < 1.29 is 4.39 Å². The van der Waals surface area contributed by atoms with Gasteiger partial charge in [-0.15, -0.1) is 0 Å². The molecule has 0 aliphatic rings. The number of nitrogens with zero attached hydrogens (tertiary/aromatic N) is 1. The molecular weight excluding hydrogens is 213 g/mol. The minimum absolute atomic E-state index is 0.0554. The second-order valence-electron chi connectivity index (χ2n) is 5.04. The monoisotopic (exact) mass is 231 g/mol. The number of aryl methyl sites for hydroxylation is 1. The van der Waals surface area contributed by atoms with E-state index in [0.717, 1.165) is 12.8 Å². The van der Waals surface area contributed by atoms with E-state index in [4.69, 9.17) is 0 Å². The van der Waals surface area contributed by atoms with E-state index in [1.54, 1.807) is 12.4 Å². The summed E-state index contributed by atoms with van der Waals surface area (Å²) in [5.74, 6) is -0.169. The van der Waals surface area contributed by atoms with E-state index in [0.29, 0.717) is 0 Å². The molecule has 0 spiro atoms. The van der Waals surface area contributed by atoms with Crippen molar-refractivity contribution >= 4 is 0 Å². The van der Waals surface area contributed by atoms with Gasteiger partial charge in [0.25, 0.3) is 0 Å². The van der Waals surface area contributed by atoms with E-state index in [1.807, 2.05) is 10.6 Å². The molecule has 0 atom stereocenters. The number of benzene rings is 1. The van der Waals surface area contributed by atoms with Gasteiger partial charge < -0.3 is 4.57 Å². The molecule has 0 saturated carbocycles. The first-order valence-electron chi connectivity index (χ1n) is 5.96. The number of rotatable bonds is 4. The Balaban J connectivity index is 2.03. The summed E-state index contributed by atoms with van der Waals surface area (Å²) >= 11 is 0. The van der Waals surface area contributed by atoms with Gasteiger partial charge in [0.05, 0.1) is 0 Å². The minimum atomic E-state index is -0.169. The van der Waals surface area contributed by atoms with Crippen LogP contribution in [-0.4, -0.2) is 4.57 Å². The number of hydrogen-bond donors (Lipinski definition) is 0. The SMILES string of the molecule is CC(C)(CCc1ccccc1)n1ccc(F)c1. The molecule has 2 rings (SSSR count). The van der Waals surface area contributed by atoms with Crippen LogP contribution in [0.5, 0.6) is 0 Å². The zero-order valence-electron chi connectivity index (χ0n) is 10.4. The lowest BCUT2D eigenvalue weighted by Crippen LogP contribution is -2.25. The molecule has 0 aliphatic carbocycles. The highest BCUT2D eigenvalue weighted by Gasteiger charge is 2.19. The van der Waals surface area contributed by atoms with Gasteiger partial charge in [0.15, 0.2) is 0 Å². The fourth-order valence-corrected chi connectivity index (χ4v) is 1.97. The van der Waals surface area contributed by atoms with Gasteiger partial charge in [0, 0.05) is 17.9 Å². The maximum Gasteiger partial charge on any atom is 0.140 e. The normalized spacial score (nSPS) is 11.7. The van der Waals surface area contributed by atoms with Crippen molar-refractivity contribution in [3.05, 3.63) is 60.2 Å². The van der Waals surface area contributed by atoms with Crippen LogP contribution in [0.15, 0.2) is 48.8 Å².